The second-order valence-corrected chi connectivity index (χ2v) is 7.39. The molecular weight excluding hydrogens is 344 g/mol. The molecule has 23 heavy (non-hydrogen) atoms. The maximum absolute atomic E-state index is 12.1. The van der Waals surface area contributed by atoms with Gasteiger partial charge in [0.1, 0.15) is 11.5 Å². The molecule has 124 valence electrons. The smallest absolute Gasteiger partial charge is 0.344 e. The number of rotatable bonds is 4. The Hall–Kier alpha value is -1.86. The fourth-order valence-corrected chi connectivity index (χ4v) is 2.89. The number of ketones is 1. The average Bonchev–Trinajstić information content (AvgIpc) is 2.34. The van der Waals surface area contributed by atoms with Gasteiger partial charge in [-0.05, 0) is 18.1 Å². The van der Waals surface area contributed by atoms with Crippen LogP contribution in [0, 0.1) is 5.92 Å². The molecule has 6 nitrogen and oxygen atoms in total. The molecule has 0 aromatic heterocycles. The monoisotopic (exact) mass is 358 g/mol. The van der Waals surface area contributed by atoms with Crippen molar-refractivity contribution in [2.75, 3.05) is 6.26 Å². The first kappa shape index (κ1) is 17.5. The van der Waals surface area contributed by atoms with Crippen LogP contribution < -0.4 is 4.18 Å². The summed E-state index contributed by atoms with van der Waals surface area (Å²) in [6, 6.07) is 3.81. The molecule has 0 saturated heterocycles. The Balaban J connectivity index is 2.15. The Morgan fingerprint density at radius 3 is 2.57 bits per heavy atom. The van der Waals surface area contributed by atoms with Crippen molar-refractivity contribution in [1.29, 1.82) is 0 Å². The molecule has 1 aromatic rings. The lowest BCUT2D eigenvalue weighted by atomic mass is 9.94. The third-order valence-electron chi connectivity index (χ3n) is 3.05. The molecule has 0 radical (unpaired) electrons. The predicted octanol–water partition coefficient (Wildman–Crippen LogP) is 2.72. The van der Waals surface area contributed by atoms with Crippen molar-refractivity contribution in [3.63, 3.8) is 0 Å². The van der Waals surface area contributed by atoms with Crippen molar-refractivity contribution >= 4 is 33.5 Å². The maximum Gasteiger partial charge on any atom is 0.344 e. The van der Waals surface area contributed by atoms with Gasteiger partial charge >= 0.3 is 16.1 Å². The Bertz CT molecular complexity index is 781. The molecule has 0 heterocycles. The second-order valence-electron chi connectivity index (χ2n) is 5.41. The fourth-order valence-electron chi connectivity index (χ4n) is 2.19. The number of carbonyl (C=O) groups excluding carboxylic acids is 2. The summed E-state index contributed by atoms with van der Waals surface area (Å²) in [5.74, 6) is -0.402. The Labute approximate surface area is 139 Å². The van der Waals surface area contributed by atoms with E-state index in [0.29, 0.717) is 18.6 Å². The molecule has 1 aliphatic carbocycles. The molecule has 0 N–H and O–H groups in total. The number of ether oxygens (including phenoxy) is 1. The molecule has 0 spiro atoms. The van der Waals surface area contributed by atoms with Crippen LogP contribution in [0.25, 0.3) is 0 Å². The number of hydrogen-bond acceptors (Lipinski definition) is 6. The van der Waals surface area contributed by atoms with E-state index in [4.69, 9.17) is 16.3 Å². The molecule has 1 atom stereocenters. The van der Waals surface area contributed by atoms with Gasteiger partial charge in [-0.25, -0.2) is 4.79 Å². The molecule has 1 aromatic carbocycles. The number of carbonyl (C=O) groups is 2. The SMILES string of the molecule is CC1CC(=O)C=C(OC(=O)c2ccc(OS(C)(=O)=O)cc2Cl)C1. The van der Waals surface area contributed by atoms with Gasteiger partial charge in [-0.2, -0.15) is 8.42 Å². The van der Waals surface area contributed by atoms with Gasteiger partial charge in [-0.1, -0.05) is 18.5 Å². The van der Waals surface area contributed by atoms with Gasteiger partial charge in [0.05, 0.1) is 16.8 Å². The van der Waals surface area contributed by atoms with Crippen LogP contribution in [0.15, 0.2) is 30.0 Å². The molecule has 0 bridgehead atoms. The van der Waals surface area contributed by atoms with E-state index < -0.39 is 16.1 Å². The van der Waals surface area contributed by atoms with E-state index in [9.17, 15) is 18.0 Å². The molecule has 0 fully saturated rings. The van der Waals surface area contributed by atoms with Crippen molar-refractivity contribution in [2.45, 2.75) is 19.8 Å². The predicted molar refractivity (Wildman–Crippen MR) is 83.8 cm³/mol. The van der Waals surface area contributed by atoms with Gasteiger partial charge in [0.15, 0.2) is 5.78 Å². The molecule has 2 rings (SSSR count). The van der Waals surface area contributed by atoms with Gasteiger partial charge < -0.3 is 8.92 Å². The highest BCUT2D eigenvalue weighted by molar-refractivity contribution is 7.86. The zero-order valence-electron chi connectivity index (χ0n) is 12.5. The van der Waals surface area contributed by atoms with Gasteiger partial charge in [0, 0.05) is 25.0 Å². The molecule has 0 saturated carbocycles. The van der Waals surface area contributed by atoms with Crippen LogP contribution in [-0.2, 0) is 19.6 Å². The standard InChI is InChI=1S/C15H15ClO6S/c1-9-5-10(17)7-12(6-9)21-15(18)13-4-3-11(8-14(13)16)22-23(2,19)20/h3-4,7-9H,5-6H2,1-2H3. The first-order valence-corrected chi connectivity index (χ1v) is 8.98. The largest absolute Gasteiger partial charge is 0.427 e. The summed E-state index contributed by atoms with van der Waals surface area (Å²) in [6.45, 7) is 1.89. The van der Waals surface area contributed by atoms with Crippen molar-refractivity contribution in [1.82, 2.24) is 0 Å². The van der Waals surface area contributed by atoms with Gasteiger partial charge in [-0.3, -0.25) is 4.79 Å². The summed E-state index contributed by atoms with van der Waals surface area (Å²) in [5.41, 5.74) is 0.0547. The summed E-state index contributed by atoms with van der Waals surface area (Å²) in [7, 11) is -3.68. The zero-order chi connectivity index (χ0) is 17.2. The second kappa shape index (κ2) is 6.72. The first-order chi connectivity index (χ1) is 10.6. The van der Waals surface area contributed by atoms with E-state index in [1.165, 1.54) is 24.3 Å². The van der Waals surface area contributed by atoms with Gasteiger partial charge in [-0.15, -0.1) is 0 Å². The Morgan fingerprint density at radius 2 is 2.00 bits per heavy atom. The van der Waals surface area contributed by atoms with Crippen molar-refractivity contribution < 1.29 is 26.9 Å². The topological polar surface area (TPSA) is 86.7 Å². The minimum Gasteiger partial charge on any atom is -0.427 e. The summed E-state index contributed by atoms with van der Waals surface area (Å²) in [5, 5.41) is -0.00747. The van der Waals surface area contributed by atoms with Crippen LogP contribution in [0.5, 0.6) is 5.75 Å². The molecule has 0 amide bonds. The van der Waals surface area contributed by atoms with Gasteiger partial charge in [0.2, 0.25) is 0 Å². The Morgan fingerprint density at radius 1 is 1.30 bits per heavy atom. The lowest BCUT2D eigenvalue weighted by molar-refractivity contribution is -0.116. The number of allylic oxidation sites excluding steroid dienone is 2. The van der Waals surface area contributed by atoms with Gasteiger partial charge in [0.25, 0.3) is 0 Å². The fraction of sp³-hybridized carbons (Fsp3) is 0.333. The van der Waals surface area contributed by atoms with Crippen LogP contribution in [0.4, 0.5) is 0 Å². The minimum absolute atomic E-state index is 0.00488. The molecule has 0 aliphatic heterocycles. The highest BCUT2D eigenvalue weighted by Gasteiger charge is 2.22. The normalized spacial score (nSPS) is 18.3. The van der Waals surface area contributed by atoms with Crippen LogP contribution in [-0.4, -0.2) is 26.4 Å². The molecule has 1 unspecified atom stereocenters. The van der Waals surface area contributed by atoms with Crippen LogP contribution >= 0.6 is 11.6 Å². The molecule has 8 heteroatoms. The van der Waals surface area contributed by atoms with E-state index in [0.717, 1.165) is 6.26 Å². The van der Waals surface area contributed by atoms with E-state index >= 15 is 0 Å². The number of esters is 1. The lowest BCUT2D eigenvalue weighted by Gasteiger charge is -2.18. The quantitative estimate of drug-likeness (QED) is 0.607. The highest BCUT2D eigenvalue weighted by atomic mass is 35.5. The van der Waals surface area contributed by atoms with Crippen molar-refractivity contribution in [2.24, 2.45) is 5.92 Å². The maximum atomic E-state index is 12.1. The number of benzene rings is 1. The average molecular weight is 359 g/mol. The number of hydrogen-bond donors (Lipinski definition) is 0. The van der Waals surface area contributed by atoms with Crippen LogP contribution in [0.2, 0.25) is 5.02 Å². The summed E-state index contributed by atoms with van der Waals surface area (Å²) in [6.07, 6.45) is 3.13. The van der Waals surface area contributed by atoms with E-state index in [-0.39, 0.29) is 28.0 Å². The summed E-state index contributed by atoms with van der Waals surface area (Å²) < 4.78 is 32.0. The molecule has 1 aliphatic rings. The highest BCUT2D eigenvalue weighted by Crippen LogP contribution is 2.27. The Kier molecular flexibility index (Phi) is 5.11. The summed E-state index contributed by atoms with van der Waals surface area (Å²) >= 11 is 5.97. The number of halogens is 1. The van der Waals surface area contributed by atoms with Crippen molar-refractivity contribution in [3.8, 4) is 5.75 Å². The van der Waals surface area contributed by atoms with Crippen LogP contribution in [0.3, 0.4) is 0 Å². The summed E-state index contributed by atoms with van der Waals surface area (Å²) in [4.78, 5) is 23.6. The zero-order valence-corrected chi connectivity index (χ0v) is 14.1. The lowest BCUT2D eigenvalue weighted by Crippen LogP contribution is -2.16. The third kappa shape index (κ3) is 5.07. The van der Waals surface area contributed by atoms with Crippen molar-refractivity contribution in [3.05, 3.63) is 40.6 Å². The first-order valence-electron chi connectivity index (χ1n) is 6.78. The van der Waals surface area contributed by atoms with E-state index in [1.807, 2.05) is 6.92 Å². The minimum atomic E-state index is -3.68. The van der Waals surface area contributed by atoms with E-state index in [1.54, 1.807) is 0 Å². The third-order valence-corrected chi connectivity index (χ3v) is 3.86. The molecular formula is C15H15ClO6S. The van der Waals surface area contributed by atoms with Crippen LogP contribution in [0.1, 0.15) is 30.1 Å². The van der Waals surface area contributed by atoms with E-state index in [2.05, 4.69) is 4.18 Å².